The van der Waals surface area contributed by atoms with E-state index in [1.54, 1.807) is 19.2 Å². The highest BCUT2D eigenvalue weighted by atomic mass is 16.5. The van der Waals surface area contributed by atoms with Gasteiger partial charge in [0.25, 0.3) is 5.91 Å². The lowest BCUT2D eigenvalue weighted by atomic mass is 9.85. The van der Waals surface area contributed by atoms with E-state index in [0.29, 0.717) is 19.4 Å². The van der Waals surface area contributed by atoms with Crippen LogP contribution in [0.25, 0.3) is 0 Å². The molecule has 3 rings (SSSR count). The van der Waals surface area contributed by atoms with Crippen LogP contribution in [0.1, 0.15) is 24.8 Å². The van der Waals surface area contributed by atoms with Gasteiger partial charge in [-0.15, -0.1) is 0 Å². The first-order valence-corrected chi connectivity index (χ1v) is 9.55. The van der Waals surface area contributed by atoms with Gasteiger partial charge in [-0.25, -0.2) is 0 Å². The summed E-state index contributed by atoms with van der Waals surface area (Å²) in [6, 6.07) is 7.22. The second-order valence-corrected chi connectivity index (χ2v) is 7.02. The molecule has 154 valence electrons. The smallest absolute Gasteiger partial charge is 0.308 e. The number of nitrogens with one attached hydrogen (secondary N) is 1. The van der Waals surface area contributed by atoms with Gasteiger partial charge in [0.15, 0.2) is 6.61 Å². The summed E-state index contributed by atoms with van der Waals surface area (Å²) in [5.74, 6) is -1.42. The minimum absolute atomic E-state index is 0.0169. The van der Waals surface area contributed by atoms with Crippen molar-refractivity contribution in [3.05, 3.63) is 42.0 Å². The number of nitrogens with zero attached hydrogens (tertiary/aromatic N) is 1. The van der Waals surface area contributed by atoms with Crippen molar-refractivity contribution in [2.45, 2.75) is 25.8 Å². The van der Waals surface area contributed by atoms with Crippen molar-refractivity contribution < 1.29 is 28.7 Å². The Labute approximate surface area is 168 Å². The number of hydrogen-bond acceptors (Lipinski definition) is 6. The molecule has 0 spiro atoms. The van der Waals surface area contributed by atoms with E-state index >= 15 is 0 Å². The average Bonchev–Trinajstić information content (AvgIpc) is 2.99. The molecule has 1 N–H and O–H groups in total. The van der Waals surface area contributed by atoms with Crippen molar-refractivity contribution in [1.29, 1.82) is 0 Å². The van der Waals surface area contributed by atoms with E-state index in [9.17, 15) is 19.2 Å². The topological polar surface area (TPSA) is 102 Å². The van der Waals surface area contributed by atoms with Crippen LogP contribution in [0.4, 0.5) is 0 Å². The summed E-state index contributed by atoms with van der Waals surface area (Å²) in [5.41, 5.74) is 0.882. The monoisotopic (exact) mass is 400 g/mol. The highest BCUT2D eigenvalue weighted by molar-refractivity contribution is 6.05. The Morgan fingerprint density at radius 3 is 2.28 bits per heavy atom. The Morgan fingerprint density at radius 1 is 1.07 bits per heavy atom. The molecule has 1 aliphatic heterocycles. The molecular weight excluding hydrogens is 376 g/mol. The highest BCUT2D eigenvalue weighted by Crippen LogP contribution is 2.34. The number of fused-ring (bicyclic) bond motifs is 1. The molecule has 0 unspecified atom stereocenters. The maximum absolute atomic E-state index is 12.3. The van der Waals surface area contributed by atoms with E-state index in [-0.39, 0.29) is 36.6 Å². The van der Waals surface area contributed by atoms with Gasteiger partial charge in [0.1, 0.15) is 5.75 Å². The van der Waals surface area contributed by atoms with Crippen molar-refractivity contribution in [1.82, 2.24) is 10.2 Å². The van der Waals surface area contributed by atoms with Gasteiger partial charge in [0.05, 0.1) is 25.4 Å². The Kier molecular flexibility index (Phi) is 6.64. The normalized spacial score (nSPS) is 20.4. The number of carbonyl (C=O) groups is 4. The maximum atomic E-state index is 12.3. The molecule has 1 aromatic rings. The van der Waals surface area contributed by atoms with Gasteiger partial charge < -0.3 is 14.8 Å². The van der Waals surface area contributed by atoms with Crippen LogP contribution in [0.3, 0.4) is 0 Å². The molecular formula is C21H24N2O6. The highest BCUT2D eigenvalue weighted by Gasteiger charge is 2.46. The summed E-state index contributed by atoms with van der Waals surface area (Å²) in [4.78, 5) is 49.6. The summed E-state index contributed by atoms with van der Waals surface area (Å²) in [7, 11) is 1.57. The van der Waals surface area contributed by atoms with Crippen LogP contribution in [0.15, 0.2) is 36.4 Å². The van der Waals surface area contributed by atoms with Crippen LogP contribution in [0, 0.1) is 11.8 Å². The number of ether oxygens (including phenoxy) is 2. The van der Waals surface area contributed by atoms with Crippen LogP contribution in [-0.4, -0.2) is 48.9 Å². The van der Waals surface area contributed by atoms with Crippen LogP contribution in [0.2, 0.25) is 0 Å². The van der Waals surface area contributed by atoms with Crippen molar-refractivity contribution >= 4 is 23.7 Å². The van der Waals surface area contributed by atoms with Gasteiger partial charge in [0, 0.05) is 13.1 Å². The zero-order chi connectivity index (χ0) is 20.8. The standard InChI is InChI=1S/C21H24N2O6/c1-28-15-8-6-14(7-9-15)12-22-18(24)13-29-19(25)10-11-23-20(26)16-4-2-3-5-17(16)21(23)27/h2-3,6-9,16-17H,4-5,10-13H2,1H3,(H,22,24)/t16-,17-/m0/s1. The van der Waals surface area contributed by atoms with Crippen LogP contribution >= 0.6 is 0 Å². The summed E-state index contributed by atoms with van der Waals surface area (Å²) >= 11 is 0. The molecule has 1 aromatic carbocycles. The number of esters is 1. The second-order valence-electron chi connectivity index (χ2n) is 7.02. The number of amides is 3. The third-order valence-corrected chi connectivity index (χ3v) is 5.15. The van der Waals surface area contributed by atoms with Gasteiger partial charge in [-0.1, -0.05) is 24.3 Å². The molecule has 8 nitrogen and oxygen atoms in total. The third-order valence-electron chi connectivity index (χ3n) is 5.15. The predicted octanol–water partition coefficient (Wildman–Crippen LogP) is 1.20. The molecule has 2 atom stereocenters. The van der Waals surface area contributed by atoms with Crippen molar-refractivity contribution in [2.75, 3.05) is 20.3 Å². The van der Waals surface area contributed by atoms with E-state index < -0.39 is 18.5 Å². The molecule has 8 heteroatoms. The SMILES string of the molecule is COc1ccc(CNC(=O)COC(=O)CCN2C(=O)[C@H]3CC=CC[C@@H]3C2=O)cc1. The quantitative estimate of drug-likeness (QED) is 0.400. The molecule has 29 heavy (non-hydrogen) atoms. The van der Waals surface area contributed by atoms with Crippen LogP contribution in [0.5, 0.6) is 5.75 Å². The number of allylic oxidation sites excluding steroid dienone is 2. The fourth-order valence-corrected chi connectivity index (χ4v) is 3.51. The maximum Gasteiger partial charge on any atom is 0.308 e. The molecule has 0 radical (unpaired) electrons. The van der Waals surface area contributed by atoms with Gasteiger partial charge in [0.2, 0.25) is 11.8 Å². The third kappa shape index (κ3) is 5.01. The second kappa shape index (κ2) is 9.36. The number of methoxy groups -OCH3 is 1. The van der Waals surface area contributed by atoms with Gasteiger partial charge in [-0.05, 0) is 30.5 Å². The lowest BCUT2D eigenvalue weighted by Gasteiger charge is -2.14. The summed E-state index contributed by atoms with van der Waals surface area (Å²) < 4.78 is 10.0. The molecule has 2 aliphatic rings. The van der Waals surface area contributed by atoms with Crippen molar-refractivity contribution in [3.63, 3.8) is 0 Å². The minimum Gasteiger partial charge on any atom is -0.497 e. The molecule has 0 saturated carbocycles. The fraction of sp³-hybridized carbons (Fsp3) is 0.429. The van der Waals surface area contributed by atoms with E-state index in [4.69, 9.17) is 9.47 Å². The molecule has 0 bridgehead atoms. The summed E-state index contributed by atoms with van der Waals surface area (Å²) in [6.45, 7) is -0.128. The number of rotatable bonds is 8. The Bertz CT molecular complexity index is 791. The zero-order valence-electron chi connectivity index (χ0n) is 16.3. The van der Waals surface area contributed by atoms with E-state index in [2.05, 4.69) is 5.32 Å². The van der Waals surface area contributed by atoms with E-state index in [1.807, 2.05) is 24.3 Å². The van der Waals surface area contributed by atoms with Gasteiger partial charge >= 0.3 is 5.97 Å². The largest absolute Gasteiger partial charge is 0.497 e. The van der Waals surface area contributed by atoms with Crippen LogP contribution < -0.4 is 10.1 Å². The number of likely N-dealkylation sites (tertiary alicyclic amines) is 1. The van der Waals surface area contributed by atoms with Gasteiger partial charge in [-0.2, -0.15) is 0 Å². The van der Waals surface area contributed by atoms with E-state index in [1.165, 1.54) is 0 Å². The van der Waals surface area contributed by atoms with Crippen molar-refractivity contribution in [3.8, 4) is 5.75 Å². The molecule has 1 fully saturated rings. The lowest BCUT2D eigenvalue weighted by Crippen LogP contribution is -2.34. The molecule has 1 saturated heterocycles. The number of benzene rings is 1. The first kappa shape index (κ1) is 20.6. The van der Waals surface area contributed by atoms with Crippen molar-refractivity contribution in [2.24, 2.45) is 11.8 Å². The minimum atomic E-state index is -0.627. The summed E-state index contributed by atoms with van der Waals surface area (Å²) in [5, 5.41) is 2.65. The Hall–Kier alpha value is -3.16. The van der Waals surface area contributed by atoms with Crippen LogP contribution in [-0.2, 0) is 30.5 Å². The Morgan fingerprint density at radius 2 is 1.69 bits per heavy atom. The molecule has 1 aliphatic carbocycles. The molecule has 3 amide bonds. The number of hydrogen-bond donors (Lipinski definition) is 1. The first-order chi connectivity index (χ1) is 14.0. The van der Waals surface area contributed by atoms with Gasteiger partial charge in [-0.3, -0.25) is 24.1 Å². The predicted molar refractivity (Wildman–Crippen MR) is 102 cm³/mol. The number of carbonyl (C=O) groups excluding carboxylic acids is 4. The summed E-state index contributed by atoms with van der Waals surface area (Å²) in [6.07, 6.45) is 4.81. The molecule has 1 heterocycles. The van der Waals surface area contributed by atoms with E-state index in [0.717, 1.165) is 16.2 Å². The molecule has 0 aromatic heterocycles. The zero-order valence-corrected chi connectivity index (χ0v) is 16.3. The fourth-order valence-electron chi connectivity index (χ4n) is 3.51. The number of imide groups is 1. The Balaban J connectivity index is 1.37. The first-order valence-electron chi connectivity index (χ1n) is 9.55. The average molecular weight is 400 g/mol. The lowest BCUT2D eigenvalue weighted by molar-refractivity contribution is -0.150.